The number of hydrogen-bond acceptors (Lipinski definition) is 1. The lowest BCUT2D eigenvalue weighted by Gasteiger charge is -2.21. The first kappa shape index (κ1) is 10.2. The zero-order valence-electron chi connectivity index (χ0n) is 9.38. The Morgan fingerprint density at radius 1 is 1.27 bits per heavy atom. The summed E-state index contributed by atoms with van der Waals surface area (Å²) in [4.78, 5) is 3.43. The van der Waals surface area contributed by atoms with E-state index in [9.17, 15) is 0 Å². The van der Waals surface area contributed by atoms with E-state index in [1.165, 1.54) is 16.6 Å². The van der Waals surface area contributed by atoms with Crippen LogP contribution in [0.4, 0.5) is 0 Å². The maximum Gasteiger partial charge on any atom is 0.0456 e. The fraction of sp³-hybridized carbons (Fsp3) is 0.385. The fourth-order valence-corrected chi connectivity index (χ4v) is 1.82. The molecule has 0 atom stereocenters. The molecule has 0 unspecified atom stereocenters. The number of para-hydroxylation sites is 1. The van der Waals surface area contributed by atoms with Crippen molar-refractivity contribution in [1.29, 1.82) is 0 Å². The summed E-state index contributed by atoms with van der Waals surface area (Å²) in [5.74, 6) is 0. The number of hydrogen-bond donors (Lipinski definition) is 2. The van der Waals surface area contributed by atoms with Gasteiger partial charge in [0.25, 0.3) is 0 Å². The second-order valence-electron chi connectivity index (χ2n) is 4.93. The molecule has 2 aromatic rings. The second kappa shape index (κ2) is 3.70. The Bertz CT molecular complexity index is 421. The highest BCUT2D eigenvalue weighted by molar-refractivity contribution is 5.80. The summed E-state index contributed by atoms with van der Waals surface area (Å²) in [6.45, 7) is 5.10. The number of H-pyrrole nitrogens is 1. The van der Waals surface area contributed by atoms with Gasteiger partial charge in [0.05, 0.1) is 0 Å². The highest BCUT2D eigenvalue weighted by Gasteiger charge is 2.17. The van der Waals surface area contributed by atoms with E-state index in [4.69, 9.17) is 5.73 Å². The van der Waals surface area contributed by atoms with Crippen molar-refractivity contribution in [3.63, 3.8) is 0 Å². The van der Waals surface area contributed by atoms with Crippen LogP contribution < -0.4 is 5.73 Å². The molecule has 0 saturated carbocycles. The van der Waals surface area contributed by atoms with Crippen molar-refractivity contribution < 1.29 is 0 Å². The van der Waals surface area contributed by atoms with Crippen LogP contribution in [0.5, 0.6) is 0 Å². The molecule has 0 saturated heterocycles. The van der Waals surface area contributed by atoms with Crippen molar-refractivity contribution in [3.05, 3.63) is 36.0 Å². The predicted octanol–water partition coefficient (Wildman–Crippen LogP) is 2.70. The van der Waals surface area contributed by atoms with Crippen molar-refractivity contribution in [2.75, 3.05) is 6.54 Å². The van der Waals surface area contributed by atoms with E-state index in [2.05, 4.69) is 49.2 Å². The van der Waals surface area contributed by atoms with E-state index in [0.717, 1.165) is 6.42 Å². The van der Waals surface area contributed by atoms with Crippen molar-refractivity contribution in [3.8, 4) is 0 Å². The normalized spacial score (nSPS) is 12.2. The molecule has 2 heteroatoms. The molecule has 0 aliphatic heterocycles. The van der Waals surface area contributed by atoms with Crippen LogP contribution in [0.1, 0.15) is 19.5 Å². The molecule has 0 spiro atoms. The van der Waals surface area contributed by atoms with Gasteiger partial charge in [0.1, 0.15) is 0 Å². The van der Waals surface area contributed by atoms with Gasteiger partial charge in [-0.15, -0.1) is 0 Å². The maximum atomic E-state index is 5.73. The van der Waals surface area contributed by atoms with Crippen molar-refractivity contribution >= 4 is 10.9 Å². The fourth-order valence-electron chi connectivity index (χ4n) is 1.82. The van der Waals surface area contributed by atoms with Gasteiger partial charge >= 0.3 is 0 Å². The quantitative estimate of drug-likeness (QED) is 0.789. The number of nitrogens with two attached hydrogens (primary N) is 1. The number of rotatable bonds is 3. The maximum absolute atomic E-state index is 5.73. The van der Waals surface area contributed by atoms with Crippen LogP contribution in [-0.2, 0) is 6.42 Å². The van der Waals surface area contributed by atoms with Crippen LogP contribution in [0.25, 0.3) is 10.9 Å². The lowest BCUT2D eigenvalue weighted by atomic mass is 9.88. The summed E-state index contributed by atoms with van der Waals surface area (Å²) in [6.07, 6.45) is 0.998. The summed E-state index contributed by atoms with van der Waals surface area (Å²) in [7, 11) is 0. The van der Waals surface area contributed by atoms with E-state index >= 15 is 0 Å². The monoisotopic (exact) mass is 202 g/mol. The minimum absolute atomic E-state index is 0.168. The van der Waals surface area contributed by atoms with Gasteiger partial charge in [-0.3, -0.25) is 0 Å². The summed E-state index contributed by atoms with van der Waals surface area (Å²) in [5.41, 5.74) is 8.38. The molecule has 0 amide bonds. The standard InChI is InChI=1S/C13H18N2/c1-13(2,9-14)8-11-7-10-5-3-4-6-12(10)15-11/h3-7,15H,8-9,14H2,1-2H3. The van der Waals surface area contributed by atoms with Crippen LogP contribution in [0, 0.1) is 5.41 Å². The zero-order chi connectivity index (χ0) is 10.9. The smallest absolute Gasteiger partial charge is 0.0456 e. The Hall–Kier alpha value is -1.28. The largest absolute Gasteiger partial charge is 0.358 e. The third-order valence-electron chi connectivity index (χ3n) is 2.81. The van der Waals surface area contributed by atoms with Gasteiger partial charge in [-0.1, -0.05) is 32.0 Å². The molecule has 1 aromatic carbocycles. The molecule has 15 heavy (non-hydrogen) atoms. The molecule has 0 fully saturated rings. The molecule has 3 N–H and O–H groups in total. The van der Waals surface area contributed by atoms with Crippen molar-refractivity contribution in [1.82, 2.24) is 4.98 Å². The Balaban J connectivity index is 2.30. The zero-order valence-corrected chi connectivity index (χ0v) is 9.38. The number of nitrogens with one attached hydrogen (secondary N) is 1. The molecule has 2 nitrogen and oxygen atoms in total. The third-order valence-corrected chi connectivity index (χ3v) is 2.81. The Labute approximate surface area is 90.5 Å². The molecule has 80 valence electrons. The molecule has 0 aliphatic rings. The SMILES string of the molecule is CC(C)(CN)Cc1cc2ccccc2[nH]1. The van der Waals surface area contributed by atoms with Gasteiger partial charge in [0.15, 0.2) is 0 Å². The minimum atomic E-state index is 0.168. The highest BCUT2D eigenvalue weighted by Crippen LogP contribution is 2.22. The van der Waals surface area contributed by atoms with Crippen LogP contribution in [0.2, 0.25) is 0 Å². The third kappa shape index (κ3) is 2.21. The highest BCUT2D eigenvalue weighted by atomic mass is 14.7. The van der Waals surface area contributed by atoms with Crippen LogP contribution in [-0.4, -0.2) is 11.5 Å². The molecular weight excluding hydrogens is 184 g/mol. The molecule has 2 rings (SSSR count). The molecule has 0 aliphatic carbocycles. The van der Waals surface area contributed by atoms with Crippen LogP contribution in [0.3, 0.4) is 0 Å². The first-order chi connectivity index (χ1) is 7.11. The number of aromatic amines is 1. The summed E-state index contributed by atoms with van der Waals surface area (Å²) < 4.78 is 0. The average Bonchev–Trinajstić information content (AvgIpc) is 2.58. The number of fused-ring (bicyclic) bond motifs is 1. The Kier molecular flexibility index (Phi) is 2.53. The van der Waals surface area contributed by atoms with E-state index in [1.54, 1.807) is 0 Å². The number of benzene rings is 1. The van der Waals surface area contributed by atoms with Gasteiger partial charge in [-0.2, -0.15) is 0 Å². The van der Waals surface area contributed by atoms with Gasteiger partial charge in [0.2, 0.25) is 0 Å². The average molecular weight is 202 g/mol. The van der Waals surface area contributed by atoms with E-state index < -0.39 is 0 Å². The molecule has 0 radical (unpaired) electrons. The van der Waals surface area contributed by atoms with Crippen molar-refractivity contribution in [2.24, 2.45) is 11.1 Å². The van der Waals surface area contributed by atoms with Crippen molar-refractivity contribution in [2.45, 2.75) is 20.3 Å². The van der Waals surface area contributed by atoms with E-state index in [0.29, 0.717) is 6.54 Å². The Morgan fingerprint density at radius 3 is 2.67 bits per heavy atom. The first-order valence-electron chi connectivity index (χ1n) is 5.37. The van der Waals surface area contributed by atoms with Gasteiger partial charge in [0, 0.05) is 11.2 Å². The lowest BCUT2D eigenvalue weighted by Crippen LogP contribution is -2.25. The molecule has 1 aromatic heterocycles. The first-order valence-corrected chi connectivity index (χ1v) is 5.37. The Morgan fingerprint density at radius 2 is 2.00 bits per heavy atom. The van der Waals surface area contributed by atoms with Gasteiger partial charge < -0.3 is 10.7 Å². The van der Waals surface area contributed by atoms with Gasteiger partial charge in [-0.25, -0.2) is 0 Å². The van der Waals surface area contributed by atoms with E-state index in [1.807, 2.05) is 0 Å². The summed E-state index contributed by atoms with van der Waals surface area (Å²) in [6, 6.07) is 10.6. The molecule has 0 bridgehead atoms. The van der Waals surface area contributed by atoms with Crippen LogP contribution in [0.15, 0.2) is 30.3 Å². The summed E-state index contributed by atoms with van der Waals surface area (Å²) >= 11 is 0. The second-order valence-corrected chi connectivity index (χ2v) is 4.93. The minimum Gasteiger partial charge on any atom is -0.358 e. The van der Waals surface area contributed by atoms with E-state index in [-0.39, 0.29) is 5.41 Å². The number of aromatic nitrogens is 1. The summed E-state index contributed by atoms with van der Waals surface area (Å²) in [5, 5.41) is 1.28. The van der Waals surface area contributed by atoms with Crippen LogP contribution >= 0.6 is 0 Å². The lowest BCUT2D eigenvalue weighted by molar-refractivity contribution is 0.373. The topological polar surface area (TPSA) is 41.8 Å². The predicted molar refractivity (Wildman–Crippen MR) is 64.8 cm³/mol. The molecular formula is C13H18N2. The van der Waals surface area contributed by atoms with Gasteiger partial charge in [-0.05, 0) is 35.9 Å². The molecule has 1 heterocycles.